The summed E-state index contributed by atoms with van der Waals surface area (Å²) in [5.74, 6) is -0.186. The van der Waals surface area contributed by atoms with E-state index in [1.165, 1.54) is 11.3 Å². The molecule has 0 aliphatic carbocycles. The van der Waals surface area contributed by atoms with E-state index >= 15 is 0 Å². The molecule has 1 aliphatic heterocycles. The molecule has 0 saturated carbocycles. The molecule has 1 aliphatic rings. The van der Waals surface area contributed by atoms with E-state index in [9.17, 15) is 4.79 Å². The van der Waals surface area contributed by atoms with E-state index in [1.54, 1.807) is 6.92 Å². The number of nitrogens with one attached hydrogen (secondary N) is 2. The van der Waals surface area contributed by atoms with Crippen molar-refractivity contribution in [2.75, 3.05) is 13.1 Å². The number of nitrogens with zero attached hydrogens (tertiary/aromatic N) is 1. The molecule has 7 heteroatoms. The highest BCUT2D eigenvalue weighted by Crippen LogP contribution is 2.33. The third-order valence-electron chi connectivity index (χ3n) is 3.21. The van der Waals surface area contributed by atoms with Crippen molar-refractivity contribution in [1.82, 2.24) is 10.6 Å². The zero-order valence-corrected chi connectivity index (χ0v) is 12.2. The highest BCUT2D eigenvalue weighted by molar-refractivity contribution is 7.10. The molecule has 1 fully saturated rings. The molecular formula is C12H17ClN4OS. The Bertz CT molecular complexity index is 488. The first-order valence-corrected chi connectivity index (χ1v) is 6.73. The van der Waals surface area contributed by atoms with Crippen LogP contribution in [-0.4, -0.2) is 25.0 Å². The van der Waals surface area contributed by atoms with E-state index in [0.717, 1.165) is 18.5 Å². The number of carbonyl (C=O) groups is 1. The van der Waals surface area contributed by atoms with Gasteiger partial charge in [-0.25, -0.2) is 0 Å². The molecular weight excluding hydrogens is 284 g/mol. The Morgan fingerprint density at radius 2 is 2.47 bits per heavy atom. The Labute approximate surface area is 122 Å². The fourth-order valence-electron chi connectivity index (χ4n) is 2.22. The van der Waals surface area contributed by atoms with E-state index in [1.807, 2.05) is 11.4 Å². The maximum absolute atomic E-state index is 11.9. The van der Waals surface area contributed by atoms with Gasteiger partial charge in [-0.15, -0.1) is 23.7 Å². The first kappa shape index (κ1) is 15.9. The van der Waals surface area contributed by atoms with Crippen molar-refractivity contribution < 1.29 is 4.79 Å². The van der Waals surface area contributed by atoms with Gasteiger partial charge in [-0.1, -0.05) is 0 Å². The largest absolute Gasteiger partial charge is 0.344 e. The Morgan fingerprint density at radius 1 is 1.74 bits per heavy atom. The maximum atomic E-state index is 11.9. The van der Waals surface area contributed by atoms with Gasteiger partial charge in [0, 0.05) is 12.1 Å². The van der Waals surface area contributed by atoms with Crippen LogP contribution in [0.15, 0.2) is 11.4 Å². The standard InChI is InChI=1S/C12H16N4OS.ClH/c1-8(14)11(17)16-12(3-4-15-7-12)9-2-5-18-10(9)6-13;/h2,5,8,15H,3-4,7,14H2,1H3,(H,16,17);1H/t8-,12+;/m0./s1. The number of hydrogen-bond acceptors (Lipinski definition) is 5. The minimum atomic E-state index is -0.549. The van der Waals surface area contributed by atoms with Gasteiger partial charge in [-0.3, -0.25) is 4.79 Å². The molecule has 1 amide bonds. The highest BCUT2D eigenvalue weighted by atomic mass is 35.5. The number of hydrogen-bond donors (Lipinski definition) is 3. The Balaban J connectivity index is 0.00000180. The third kappa shape index (κ3) is 3.07. The van der Waals surface area contributed by atoms with E-state index in [4.69, 9.17) is 11.0 Å². The molecule has 0 aromatic carbocycles. The van der Waals surface area contributed by atoms with E-state index in [2.05, 4.69) is 16.7 Å². The molecule has 2 atom stereocenters. The molecule has 5 nitrogen and oxygen atoms in total. The lowest BCUT2D eigenvalue weighted by Crippen LogP contribution is -2.52. The van der Waals surface area contributed by atoms with Crippen LogP contribution in [0.2, 0.25) is 0 Å². The van der Waals surface area contributed by atoms with Crippen molar-refractivity contribution in [2.45, 2.75) is 24.9 Å². The first-order valence-electron chi connectivity index (χ1n) is 5.85. The van der Waals surface area contributed by atoms with Crippen molar-refractivity contribution in [3.63, 3.8) is 0 Å². The van der Waals surface area contributed by atoms with Crippen LogP contribution in [0.5, 0.6) is 0 Å². The van der Waals surface area contributed by atoms with Gasteiger partial charge in [0.2, 0.25) is 5.91 Å². The first-order chi connectivity index (χ1) is 8.59. The van der Waals surface area contributed by atoms with Crippen LogP contribution in [0.3, 0.4) is 0 Å². The average molecular weight is 301 g/mol. The van der Waals surface area contributed by atoms with E-state index in [-0.39, 0.29) is 18.3 Å². The number of thiophene rings is 1. The molecule has 1 saturated heterocycles. The number of carbonyl (C=O) groups excluding carboxylic acids is 1. The molecule has 0 spiro atoms. The Hall–Kier alpha value is -1.13. The summed E-state index contributed by atoms with van der Waals surface area (Å²) in [4.78, 5) is 12.5. The number of rotatable bonds is 3. The van der Waals surface area contributed by atoms with E-state index < -0.39 is 11.6 Å². The number of nitrogens with two attached hydrogens (primary N) is 1. The molecule has 0 unspecified atom stereocenters. The summed E-state index contributed by atoms with van der Waals surface area (Å²) < 4.78 is 0. The highest BCUT2D eigenvalue weighted by Gasteiger charge is 2.39. The van der Waals surface area contributed by atoms with Crippen molar-refractivity contribution in [3.8, 4) is 6.07 Å². The van der Waals surface area contributed by atoms with Crippen LogP contribution in [0.4, 0.5) is 0 Å². The van der Waals surface area contributed by atoms with Gasteiger partial charge in [0.25, 0.3) is 0 Å². The van der Waals surface area contributed by atoms with Gasteiger partial charge in [-0.05, 0) is 31.3 Å². The van der Waals surface area contributed by atoms with Crippen LogP contribution in [-0.2, 0) is 10.3 Å². The van der Waals surface area contributed by atoms with Gasteiger partial charge >= 0.3 is 0 Å². The van der Waals surface area contributed by atoms with Crippen molar-refractivity contribution >= 4 is 29.7 Å². The summed E-state index contributed by atoms with van der Waals surface area (Å²) in [7, 11) is 0. The lowest BCUT2D eigenvalue weighted by atomic mass is 9.89. The smallest absolute Gasteiger partial charge is 0.237 e. The van der Waals surface area contributed by atoms with Crippen LogP contribution in [0.1, 0.15) is 23.8 Å². The van der Waals surface area contributed by atoms with Crippen LogP contribution < -0.4 is 16.4 Å². The van der Waals surface area contributed by atoms with Gasteiger partial charge in [-0.2, -0.15) is 5.26 Å². The van der Waals surface area contributed by atoms with Crippen LogP contribution in [0, 0.1) is 11.3 Å². The number of amides is 1. The Morgan fingerprint density at radius 3 is 3.00 bits per heavy atom. The summed E-state index contributed by atoms with van der Waals surface area (Å²) in [6.07, 6.45) is 0.775. The zero-order valence-electron chi connectivity index (χ0n) is 10.6. The second-order valence-corrected chi connectivity index (χ2v) is 5.48. The topological polar surface area (TPSA) is 90.9 Å². The van der Waals surface area contributed by atoms with Crippen molar-refractivity contribution in [3.05, 3.63) is 21.9 Å². The normalized spacial score (nSPS) is 23.2. The van der Waals surface area contributed by atoms with Gasteiger partial charge in [0.15, 0.2) is 0 Å². The number of nitriles is 1. The SMILES string of the molecule is C[C@H](N)C(=O)N[C@]1(c2ccsc2C#N)CCNC1.Cl. The van der Waals surface area contributed by atoms with Crippen LogP contribution in [0.25, 0.3) is 0 Å². The molecule has 0 bridgehead atoms. The predicted molar refractivity (Wildman–Crippen MR) is 77.2 cm³/mol. The van der Waals surface area contributed by atoms with Gasteiger partial charge in [0.1, 0.15) is 10.9 Å². The molecule has 1 aromatic rings. The van der Waals surface area contributed by atoms with Crippen molar-refractivity contribution in [2.24, 2.45) is 5.73 Å². The third-order valence-corrected chi connectivity index (χ3v) is 4.03. The minimum Gasteiger partial charge on any atom is -0.344 e. The summed E-state index contributed by atoms with van der Waals surface area (Å²) in [5, 5.41) is 17.2. The van der Waals surface area contributed by atoms with Gasteiger partial charge in [0.05, 0.1) is 11.6 Å². The quantitative estimate of drug-likeness (QED) is 0.766. The Kier molecular flexibility index (Phi) is 5.32. The fraction of sp³-hybridized carbons (Fsp3) is 0.500. The average Bonchev–Trinajstić information content (AvgIpc) is 2.96. The second-order valence-electron chi connectivity index (χ2n) is 4.56. The summed E-state index contributed by atoms with van der Waals surface area (Å²) in [6, 6.07) is 3.55. The monoisotopic (exact) mass is 300 g/mol. The summed E-state index contributed by atoms with van der Waals surface area (Å²) in [5.41, 5.74) is 6.01. The maximum Gasteiger partial charge on any atom is 0.237 e. The molecule has 4 N–H and O–H groups in total. The predicted octanol–water partition coefficient (Wildman–Crippen LogP) is 0.694. The number of halogens is 1. The molecule has 2 rings (SSSR count). The minimum absolute atomic E-state index is 0. The lowest BCUT2D eigenvalue weighted by Gasteiger charge is -2.30. The molecule has 2 heterocycles. The molecule has 19 heavy (non-hydrogen) atoms. The second kappa shape index (κ2) is 6.35. The molecule has 1 aromatic heterocycles. The van der Waals surface area contributed by atoms with Gasteiger partial charge < -0.3 is 16.4 Å². The zero-order chi connectivity index (χ0) is 13.2. The summed E-state index contributed by atoms with van der Waals surface area (Å²) in [6.45, 7) is 3.11. The molecule has 0 radical (unpaired) electrons. The van der Waals surface area contributed by atoms with Crippen molar-refractivity contribution in [1.29, 1.82) is 5.26 Å². The molecule has 104 valence electrons. The van der Waals surface area contributed by atoms with E-state index in [0.29, 0.717) is 11.4 Å². The fourth-order valence-corrected chi connectivity index (χ4v) is 3.00. The summed E-state index contributed by atoms with van der Waals surface area (Å²) >= 11 is 1.40. The van der Waals surface area contributed by atoms with Crippen LogP contribution >= 0.6 is 23.7 Å². The lowest BCUT2D eigenvalue weighted by molar-refractivity contribution is -0.123.